The minimum Gasteiger partial charge on any atom is -0.385 e. The number of fused-ring (bicyclic) bond motifs is 1. The molecule has 2 N–H and O–H groups in total. The molecule has 0 radical (unpaired) electrons. The Morgan fingerprint density at radius 1 is 1.45 bits per heavy atom. The first-order chi connectivity index (χ1) is 10.6. The average Bonchev–Trinajstić information content (AvgIpc) is 2.53. The Bertz CT molecular complexity index is 503. The summed E-state index contributed by atoms with van der Waals surface area (Å²) in [4.78, 5) is 12.2. The van der Waals surface area contributed by atoms with Crippen LogP contribution in [-0.4, -0.2) is 31.3 Å². The lowest BCUT2D eigenvalue weighted by molar-refractivity contribution is -0.126. The van der Waals surface area contributed by atoms with E-state index >= 15 is 0 Å². The molecule has 1 aliphatic carbocycles. The summed E-state index contributed by atoms with van der Waals surface area (Å²) in [6.45, 7) is 2.89. The lowest BCUT2D eigenvalue weighted by Gasteiger charge is -2.35. The Labute approximate surface area is 132 Å². The van der Waals surface area contributed by atoms with Gasteiger partial charge in [0.1, 0.15) is 5.60 Å². The Kier molecular flexibility index (Phi) is 5.98. The third kappa shape index (κ3) is 4.08. The van der Waals surface area contributed by atoms with Gasteiger partial charge in [-0.25, -0.2) is 0 Å². The van der Waals surface area contributed by atoms with Gasteiger partial charge in [-0.1, -0.05) is 31.2 Å². The van der Waals surface area contributed by atoms with E-state index in [1.807, 2.05) is 25.1 Å². The zero-order valence-electron chi connectivity index (χ0n) is 13.6. The molecule has 4 heteroatoms. The van der Waals surface area contributed by atoms with Gasteiger partial charge in [0, 0.05) is 19.6 Å². The number of benzene rings is 1. The third-order valence-corrected chi connectivity index (χ3v) is 4.54. The van der Waals surface area contributed by atoms with E-state index in [2.05, 4.69) is 11.4 Å². The second-order valence-electron chi connectivity index (χ2n) is 6.30. The van der Waals surface area contributed by atoms with Crippen molar-refractivity contribution in [3.63, 3.8) is 0 Å². The summed E-state index contributed by atoms with van der Waals surface area (Å²) in [6.07, 6.45) is 4.32. The van der Waals surface area contributed by atoms with Crippen molar-refractivity contribution in [1.82, 2.24) is 5.32 Å². The molecule has 1 aliphatic rings. The molecule has 0 aromatic heterocycles. The smallest absolute Gasteiger partial charge is 0.222 e. The Hall–Kier alpha value is -1.39. The molecule has 0 saturated heterocycles. The summed E-state index contributed by atoms with van der Waals surface area (Å²) in [7, 11) is 1.67. The summed E-state index contributed by atoms with van der Waals surface area (Å²) in [5.41, 5.74) is 1.23. The number of methoxy groups -OCH3 is 1. The molecule has 2 rings (SSSR count). The maximum atomic E-state index is 12.2. The fourth-order valence-corrected chi connectivity index (χ4v) is 3.15. The molecule has 2 atom stereocenters. The van der Waals surface area contributed by atoms with Gasteiger partial charge in [0.25, 0.3) is 0 Å². The van der Waals surface area contributed by atoms with Gasteiger partial charge < -0.3 is 15.2 Å². The van der Waals surface area contributed by atoms with Crippen molar-refractivity contribution < 1.29 is 14.6 Å². The molecule has 22 heavy (non-hydrogen) atoms. The highest BCUT2D eigenvalue weighted by Gasteiger charge is 2.34. The predicted molar refractivity (Wildman–Crippen MR) is 86.6 cm³/mol. The van der Waals surface area contributed by atoms with E-state index in [-0.39, 0.29) is 18.4 Å². The van der Waals surface area contributed by atoms with E-state index in [0.29, 0.717) is 13.0 Å². The number of carbonyl (C=O) groups excluding carboxylic acids is 1. The molecule has 122 valence electrons. The number of ether oxygens (including phenoxy) is 1. The number of hydrogen-bond acceptors (Lipinski definition) is 3. The first-order valence-electron chi connectivity index (χ1n) is 8.14. The van der Waals surface area contributed by atoms with Crippen LogP contribution >= 0.6 is 0 Å². The minimum atomic E-state index is -0.934. The summed E-state index contributed by atoms with van der Waals surface area (Å²) < 4.78 is 5.01. The fourth-order valence-electron chi connectivity index (χ4n) is 3.15. The van der Waals surface area contributed by atoms with Gasteiger partial charge in [-0.05, 0) is 43.2 Å². The first kappa shape index (κ1) is 17.0. The number of aliphatic hydroxyl groups is 1. The first-order valence-corrected chi connectivity index (χ1v) is 8.14. The van der Waals surface area contributed by atoms with E-state index < -0.39 is 5.60 Å². The van der Waals surface area contributed by atoms with Gasteiger partial charge in [-0.15, -0.1) is 0 Å². The molecular formula is C18H27NO3. The van der Waals surface area contributed by atoms with Crippen molar-refractivity contribution >= 4 is 5.91 Å². The predicted octanol–water partition coefficient (Wildman–Crippen LogP) is 2.39. The van der Waals surface area contributed by atoms with Gasteiger partial charge in [0.05, 0.1) is 6.54 Å². The van der Waals surface area contributed by atoms with E-state index in [4.69, 9.17) is 4.74 Å². The minimum absolute atomic E-state index is 0.00702. The van der Waals surface area contributed by atoms with Crippen LogP contribution in [0, 0.1) is 5.92 Å². The quantitative estimate of drug-likeness (QED) is 0.761. The standard InChI is InChI=1S/C18H27NO3/c1-14(7-6-12-22-2)17(20)19-13-18(21)11-5-9-15-8-3-4-10-16(15)18/h3-4,8,10,14,21H,5-7,9,11-13H2,1-2H3,(H,19,20). The number of hydrogen-bond donors (Lipinski definition) is 2. The van der Waals surface area contributed by atoms with Crippen LogP contribution in [0.5, 0.6) is 0 Å². The van der Waals surface area contributed by atoms with Crippen LogP contribution < -0.4 is 5.32 Å². The molecule has 0 bridgehead atoms. The highest BCUT2D eigenvalue weighted by atomic mass is 16.5. The molecule has 0 fully saturated rings. The van der Waals surface area contributed by atoms with Gasteiger partial charge in [0.2, 0.25) is 5.91 Å². The summed E-state index contributed by atoms with van der Waals surface area (Å²) in [5.74, 6) is -0.0508. The second-order valence-corrected chi connectivity index (χ2v) is 6.30. The SMILES string of the molecule is COCCCC(C)C(=O)NCC1(O)CCCc2ccccc21. The van der Waals surface area contributed by atoms with E-state index in [0.717, 1.165) is 31.2 Å². The third-order valence-electron chi connectivity index (χ3n) is 4.54. The van der Waals surface area contributed by atoms with Crippen LogP contribution in [0.15, 0.2) is 24.3 Å². The maximum absolute atomic E-state index is 12.2. The monoisotopic (exact) mass is 305 g/mol. The summed E-state index contributed by atoms with van der Waals surface area (Å²) >= 11 is 0. The molecule has 0 saturated carbocycles. The van der Waals surface area contributed by atoms with Crippen LogP contribution in [0.2, 0.25) is 0 Å². The number of amides is 1. The Balaban J connectivity index is 1.92. The molecule has 1 aromatic rings. The lowest BCUT2D eigenvalue weighted by Crippen LogP contribution is -2.44. The molecule has 4 nitrogen and oxygen atoms in total. The zero-order valence-corrected chi connectivity index (χ0v) is 13.6. The normalized spacial score (nSPS) is 22.0. The maximum Gasteiger partial charge on any atom is 0.222 e. The largest absolute Gasteiger partial charge is 0.385 e. The van der Waals surface area contributed by atoms with Crippen molar-refractivity contribution in [2.24, 2.45) is 5.92 Å². The number of carbonyl (C=O) groups is 1. The van der Waals surface area contributed by atoms with Gasteiger partial charge in [-0.2, -0.15) is 0 Å². The highest BCUT2D eigenvalue weighted by molar-refractivity contribution is 5.78. The average molecular weight is 305 g/mol. The lowest BCUT2D eigenvalue weighted by atomic mass is 9.79. The zero-order chi connectivity index (χ0) is 16.0. The van der Waals surface area contributed by atoms with Crippen molar-refractivity contribution in [2.75, 3.05) is 20.3 Å². The second kappa shape index (κ2) is 7.75. The molecular weight excluding hydrogens is 278 g/mol. The number of aryl methyl sites for hydroxylation is 1. The molecule has 1 amide bonds. The molecule has 1 aromatic carbocycles. The van der Waals surface area contributed by atoms with Crippen LogP contribution in [0.25, 0.3) is 0 Å². The Morgan fingerprint density at radius 2 is 2.23 bits per heavy atom. The van der Waals surface area contributed by atoms with Gasteiger partial charge >= 0.3 is 0 Å². The van der Waals surface area contributed by atoms with Crippen molar-refractivity contribution in [3.8, 4) is 0 Å². The van der Waals surface area contributed by atoms with Gasteiger partial charge in [0.15, 0.2) is 0 Å². The molecule has 0 aliphatic heterocycles. The van der Waals surface area contributed by atoms with E-state index in [9.17, 15) is 9.90 Å². The molecule has 0 heterocycles. The number of rotatable bonds is 7. The Morgan fingerprint density at radius 3 is 3.00 bits per heavy atom. The van der Waals surface area contributed by atoms with Crippen LogP contribution in [0.4, 0.5) is 0 Å². The number of nitrogens with one attached hydrogen (secondary N) is 1. The van der Waals surface area contributed by atoms with Crippen LogP contribution in [-0.2, 0) is 21.6 Å². The van der Waals surface area contributed by atoms with Gasteiger partial charge in [-0.3, -0.25) is 4.79 Å². The fraction of sp³-hybridized carbons (Fsp3) is 0.611. The van der Waals surface area contributed by atoms with Crippen molar-refractivity contribution in [2.45, 2.75) is 44.6 Å². The van der Waals surface area contributed by atoms with Crippen LogP contribution in [0.3, 0.4) is 0 Å². The summed E-state index contributed by atoms with van der Waals surface area (Å²) in [6, 6.07) is 7.99. The van der Waals surface area contributed by atoms with E-state index in [1.165, 1.54) is 5.56 Å². The molecule has 0 spiro atoms. The summed E-state index contributed by atoms with van der Waals surface area (Å²) in [5, 5.41) is 13.9. The molecule has 2 unspecified atom stereocenters. The van der Waals surface area contributed by atoms with Crippen molar-refractivity contribution in [3.05, 3.63) is 35.4 Å². The van der Waals surface area contributed by atoms with Crippen molar-refractivity contribution in [1.29, 1.82) is 0 Å². The van der Waals surface area contributed by atoms with Crippen LogP contribution in [0.1, 0.15) is 43.7 Å². The topological polar surface area (TPSA) is 58.6 Å². The van der Waals surface area contributed by atoms with E-state index in [1.54, 1.807) is 7.11 Å². The highest BCUT2D eigenvalue weighted by Crippen LogP contribution is 2.34.